The quantitative estimate of drug-likeness (QED) is 0.0812. The number of thioether (sulfide) groups is 1. The van der Waals surface area contributed by atoms with E-state index < -0.39 is 33.3 Å². The molecule has 3 aromatic carbocycles. The Morgan fingerprint density at radius 3 is 2.26 bits per heavy atom. The second-order valence-electron chi connectivity index (χ2n) is 8.79. The van der Waals surface area contributed by atoms with Crippen LogP contribution < -0.4 is 15.4 Å². The Balaban J connectivity index is 1.46. The maximum Gasteiger partial charge on any atom is 0.338 e. The first-order valence-electron chi connectivity index (χ1n) is 12.7. The van der Waals surface area contributed by atoms with Crippen LogP contribution >= 0.6 is 69.5 Å². The third-order valence-electron chi connectivity index (χ3n) is 5.94. The number of anilines is 2. The number of amides is 2. The summed E-state index contributed by atoms with van der Waals surface area (Å²) in [7, 11) is 0. The highest BCUT2D eigenvalue weighted by Gasteiger charge is 2.29. The van der Waals surface area contributed by atoms with Crippen LogP contribution in [0.15, 0.2) is 58.8 Å². The zero-order chi connectivity index (χ0) is 31.3. The van der Waals surface area contributed by atoms with E-state index in [1.54, 1.807) is 24.3 Å². The third-order valence-corrected chi connectivity index (χ3v) is 9.85. The summed E-state index contributed by atoms with van der Waals surface area (Å²) in [4.78, 5) is 43.3. The summed E-state index contributed by atoms with van der Waals surface area (Å²) in [6.07, 6.45) is 0.517. The second-order valence-corrected chi connectivity index (χ2v) is 12.4. The smallest absolute Gasteiger partial charge is 0.338 e. The fourth-order valence-corrected chi connectivity index (χ4v) is 6.67. The molecular weight excluding hydrogens is 676 g/mol. The van der Waals surface area contributed by atoms with Crippen molar-refractivity contribution in [2.24, 2.45) is 0 Å². The van der Waals surface area contributed by atoms with E-state index in [0.717, 1.165) is 17.0 Å². The zero-order valence-electron chi connectivity index (χ0n) is 22.5. The van der Waals surface area contributed by atoms with Crippen molar-refractivity contribution < 1.29 is 24.2 Å². The maximum atomic E-state index is 13.1. The summed E-state index contributed by atoms with van der Waals surface area (Å²) >= 11 is 27.0. The van der Waals surface area contributed by atoms with Gasteiger partial charge in [-0.25, -0.2) is 9.78 Å². The van der Waals surface area contributed by atoms with Crippen LogP contribution in [0, 0.1) is 0 Å². The van der Waals surface area contributed by atoms with Crippen molar-refractivity contribution in [2.75, 3.05) is 17.2 Å². The number of carbonyl (C=O) groups excluding carboxylic acids is 2. The summed E-state index contributed by atoms with van der Waals surface area (Å²) in [5, 5.41) is 15.8. The normalized spacial score (nSPS) is 11.6. The number of carboxylic acids is 1. The molecule has 8 nitrogen and oxygen atoms in total. The number of benzene rings is 3. The predicted molar refractivity (Wildman–Crippen MR) is 175 cm³/mol. The van der Waals surface area contributed by atoms with Gasteiger partial charge in [0.05, 0.1) is 48.8 Å². The number of thiazole rings is 1. The zero-order valence-corrected chi connectivity index (χ0v) is 27.2. The molecule has 4 aromatic rings. The third kappa shape index (κ3) is 7.75. The minimum atomic E-state index is -1.50. The van der Waals surface area contributed by atoms with Gasteiger partial charge < -0.3 is 20.5 Å². The minimum absolute atomic E-state index is 0.224. The number of rotatable bonds is 11. The summed E-state index contributed by atoms with van der Waals surface area (Å²) < 4.78 is 5.48. The largest absolute Gasteiger partial charge is 0.494 e. The van der Waals surface area contributed by atoms with Gasteiger partial charge in [-0.15, -0.1) is 23.1 Å². The van der Waals surface area contributed by atoms with Gasteiger partial charge >= 0.3 is 5.97 Å². The van der Waals surface area contributed by atoms with Gasteiger partial charge in [-0.3, -0.25) is 9.59 Å². The Morgan fingerprint density at radius 2 is 1.63 bits per heavy atom. The molecule has 0 aliphatic heterocycles. The molecule has 1 atom stereocenters. The van der Waals surface area contributed by atoms with Gasteiger partial charge in [-0.2, -0.15) is 0 Å². The number of halogens is 4. The molecule has 2 amide bonds. The van der Waals surface area contributed by atoms with Crippen molar-refractivity contribution in [1.29, 1.82) is 0 Å². The van der Waals surface area contributed by atoms with Crippen LogP contribution in [-0.2, 0) is 4.79 Å². The molecule has 1 unspecified atom stereocenters. The first-order valence-corrected chi connectivity index (χ1v) is 16.0. The lowest BCUT2D eigenvalue weighted by Crippen LogP contribution is -2.24. The molecule has 0 aliphatic rings. The molecule has 4 rings (SSSR count). The monoisotopic (exact) mass is 697 g/mol. The number of nitrogens with zero attached hydrogens (tertiary/aromatic N) is 1. The van der Waals surface area contributed by atoms with E-state index in [1.165, 1.54) is 23.1 Å². The first kappa shape index (κ1) is 32.9. The molecule has 3 N–H and O–H groups in total. The van der Waals surface area contributed by atoms with E-state index in [-0.39, 0.29) is 21.0 Å². The van der Waals surface area contributed by atoms with Crippen molar-refractivity contribution in [3.8, 4) is 17.0 Å². The van der Waals surface area contributed by atoms with Crippen molar-refractivity contribution >= 4 is 98.1 Å². The Morgan fingerprint density at radius 1 is 0.953 bits per heavy atom. The molecular formula is C29H23Cl4N3O5S2. The van der Waals surface area contributed by atoms with Gasteiger partial charge in [-0.05, 0) is 55.8 Å². The van der Waals surface area contributed by atoms with Crippen molar-refractivity contribution in [3.05, 3.63) is 85.1 Å². The van der Waals surface area contributed by atoms with E-state index in [0.29, 0.717) is 28.7 Å². The van der Waals surface area contributed by atoms with Gasteiger partial charge in [0.2, 0.25) is 5.91 Å². The maximum absolute atomic E-state index is 13.1. The highest BCUT2D eigenvalue weighted by molar-refractivity contribution is 8.00. The molecule has 0 bridgehead atoms. The Hall–Kier alpha value is -2.99. The number of hydrogen-bond acceptors (Lipinski definition) is 7. The lowest BCUT2D eigenvalue weighted by atomic mass is 10.1. The minimum Gasteiger partial charge on any atom is -0.494 e. The van der Waals surface area contributed by atoms with Crippen molar-refractivity contribution in [3.63, 3.8) is 0 Å². The fourth-order valence-electron chi connectivity index (χ4n) is 3.91. The Labute approximate surface area is 275 Å². The van der Waals surface area contributed by atoms with Gasteiger partial charge in [0.25, 0.3) is 5.91 Å². The number of aromatic carboxylic acids is 1. The molecule has 1 heterocycles. The SMILES string of the molecule is CCOc1ccc(-c2csc(NC(=O)C(CC)Sc3cccc(NC(=O)c4c(Cl)c(Cl)c(Cl)c(Cl)c4C(=O)O)c3)n2)cc1. The summed E-state index contributed by atoms with van der Waals surface area (Å²) in [5.74, 6) is -1.79. The molecule has 14 heteroatoms. The van der Waals surface area contributed by atoms with Gasteiger partial charge in [0.1, 0.15) is 5.75 Å². The lowest BCUT2D eigenvalue weighted by Gasteiger charge is -2.16. The molecule has 0 spiro atoms. The van der Waals surface area contributed by atoms with E-state index in [1.807, 2.05) is 43.5 Å². The van der Waals surface area contributed by atoms with E-state index in [2.05, 4.69) is 15.6 Å². The number of carbonyl (C=O) groups is 3. The Kier molecular flexibility index (Phi) is 11.2. The summed E-state index contributed by atoms with van der Waals surface area (Å²) in [6, 6.07) is 14.3. The highest BCUT2D eigenvalue weighted by Crippen LogP contribution is 2.42. The fraction of sp³-hybridized carbons (Fsp3) is 0.172. The van der Waals surface area contributed by atoms with Crippen LogP contribution in [0.3, 0.4) is 0 Å². The van der Waals surface area contributed by atoms with Crippen molar-refractivity contribution in [2.45, 2.75) is 30.4 Å². The average molecular weight is 699 g/mol. The number of ether oxygens (including phenoxy) is 1. The Bertz CT molecular complexity index is 1680. The van der Waals surface area contributed by atoms with Crippen LogP contribution in [0.5, 0.6) is 5.75 Å². The molecule has 0 fully saturated rings. The average Bonchev–Trinajstić information content (AvgIpc) is 3.45. The van der Waals surface area contributed by atoms with Crippen LogP contribution in [0.1, 0.15) is 41.0 Å². The molecule has 1 aromatic heterocycles. The molecule has 224 valence electrons. The lowest BCUT2D eigenvalue weighted by molar-refractivity contribution is -0.115. The van der Waals surface area contributed by atoms with E-state index in [4.69, 9.17) is 51.1 Å². The van der Waals surface area contributed by atoms with Gasteiger partial charge in [0.15, 0.2) is 5.13 Å². The van der Waals surface area contributed by atoms with Gasteiger partial charge in [0, 0.05) is 21.5 Å². The van der Waals surface area contributed by atoms with Crippen LogP contribution in [0.4, 0.5) is 10.8 Å². The molecule has 0 saturated heterocycles. The topological polar surface area (TPSA) is 118 Å². The summed E-state index contributed by atoms with van der Waals surface area (Å²) in [6.45, 7) is 4.39. The standard InChI is InChI=1S/C29H23Cl4N3O5S2/c1-3-19(26(37)36-29-35-18(13-42-29)14-8-10-16(11-9-14)41-4-2)43-17-7-5-6-15(12-17)34-27(38)20-21(28(39)40)23(31)25(33)24(32)22(20)30/h5-13,19H,3-4H2,1-2H3,(H,34,38)(H,39,40)(H,35,36,37). The van der Waals surface area contributed by atoms with Crippen LogP contribution in [0.2, 0.25) is 20.1 Å². The molecule has 0 aliphatic carbocycles. The van der Waals surface area contributed by atoms with E-state index >= 15 is 0 Å². The number of aromatic nitrogens is 1. The van der Waals surface area contributed by atoms with Gasteiger partial charge in [-0.1, -0.05) is 59.4 Å². The number of carboxylic acid groups (broad SMARTS) is 1. The highest BCUT2D eigenvalue weighted by atomic mass is 35.5. The van der Waals surface area contributed by atoms with Crippen LogP contribution in [0.25, 0.3) is 11.3 Å². The van der Waals surface area contributed by atoms with Crippen LogP contribution in [-0.4, -0.2) is 39.7 Å². The molecule has 0 radical (unpaired) electrons. The molecule has 0 saturated carbocycles. The number of hydrogen-bond donors (Lipinski definition) is 3. The number of nitrogens with one attached hydrogen (secondary N) is 2. The van der Waals surface area contributed by atoms with Crippen molar-refractivity contribution in [1.82, 2.24) is 4.98 Å². The predicted octanol–water partition coefficient (Wildman–Crippen LogP) is 9.28. The first-order chi connectivity index (χ1) is 20.5. The molecule has 43 heavy (non-hydrogen) atoms. The second kappa shape index (κ2) is 14.7. The van der Waals surface area contributed by atoms with E-state index in [9.17, 15) is 19.5 Å². The summed E-state index contributed by atoms with van der Waals surface area (Å²) in [5.41, 5.74) is 0.979.